The van der Waals surface area contributed by atoms with Gasteiger partial charge in [0, 0.05) is 11.9 Å². The summed E-state index contributed by atoms with van der Waals surface area (Å²) in [6.07, 6.45) is 3.96. The predicted molar refractivity (Wildman–Crippen MR) is 75.6 cm³/mol. The van der Waals surface area contributed by atoms with Crippen LogP contribution in [0.1, 0.15) is 19.3 Å². The molecule has 1 aromatic carbocycles. The van der Waals surface area contributed by atoms with Gasteiger partial charge in [0.1, 0.15) is 12.1 Å². The molecule has 98 valence electrons. The quantitative estimate of drug-likeness (QED) is 0.837. The molecule has 4 nitrogen and oxygen atoms in total. The lowest BCUT2D eigenvalue weighted by molar-refractivity contribution is -0.109. The van der Waals surface area contributed by atoms with Crippen LogP contribution in [0.25, 0.3) is 10.8 Å². The van der Waals surface area contributed by atoms with Gasteiger partial charge >= 0.3 is 0 Å². The number of pyridine rings is 1. The van der Waals surface area contributed by atoms with Crippen molar-refractivity contribution in [1.82, 2.24) is 4.98 Å². The van der Waals surface area contributed by atoms with Gasteiger partial charge in [0.2, 0.25) is 0 Å². The maximum Gasteiger partial charge on any atom is 0.257 e. The first-order chi connectivity index (χ1) is 9.29. The van der Waals surface area contributed by atoms with Crippen molar-refractivity contribution in [3.63, 3.8) is 0 Å². The Labute approximate surface area is 111 Å². The first-order valence-electron chi connectivity index (χ1n) is 6.63. The zero-order valence-corrected chi connectivity index (χ0v) is 10.6. The molecule has 1 aliphatic heterocycles. The van der Waals surface area contributed by atoms with Crippen molar-refractivity contribution >= 4 is 22.9 Å². The lowest BCUT2D eigenvalue weighted by Gasteiger charge is -2.33. The van der Waals surface area contributed by atoms with E-state index in [4.69, 9.17) is 0 Å². The molecule has 3 rings (SSSR count). The molecule has 0 spiro atoms. The monoisotopic (exact) mass is 256 g/mol. The number of fused-ring (bicyclic) bond motifs is 1. The Morgan fingerprint density at radius 1 is 1.26 bits per heavy atom. The van der Waals surface area contributed by atoms with Gasteiger partial charge < -0.3 is 14.7 Å². The number of hydrogen-bond acceptors (Lipinski definition) is 3. The fourth-order valence-electron chi connectivity index (χ4n) is 2.75. The summed E-state index contributed by atoms with van der Waals surface area (Å²) in [7, 11) is 0. The number of piperidine rings is 1. The van der Waals surface area contributed by atoms with Gasteiger partial charge in [-0.15, -0.1) is 0 Å². The number of anilines is 1. The molecule has 0 amide bonds. The summed E-state index contributed by atoms with van der Waals surface area (Å²) in [6, 6.07) is 9.34. The van der Waals surface area contributed by atoms with Crippen LogP contribution in [0.4, 0.5) is 5.82 Å². The Balaban J connectivity index is 2.09. The fourth-order valence-corrected chi connectivity index (χ4v) is 2.75. The zero-order valence-electron chi connectivity index (χ0n) is 10.6. The summed E-state index contributed by atoms with van der Waals surface area (Å²) in [6.45, 7) is 0.817. The van der Waals surface area contributed by atoms with Crippen molar-refractivity contribution in [3.05, 3.63) is 40.7 Å². The maximum atomic E-state index is 12.1. The summed E-state index contributed by atoms with van der Waals surface area (Å²) < 4.78 is 0. The highest BCUT2D eigenvalue weighted by Gasteiger charge is 2.22. The van der Waals surface area contributed by atoms with E-state index in [1.807, 2.05) is 35.2 Å². The number of rotatable bonds is 2. The van der Waals surface area contributed by atoms with E-state index in [-0.39, 0.29) is 11.6 Å². The van der Waals surface area contributed by atoms with Crippen molar-refractivity contribution in [2.24, 2.45) is 0 Å². The summed E-state index contributed by atoms with van der Waals surface area (Å²) in [5.41, 5.74) is -0.0941. The smallest absolute Gasteiger partial charge is 0.257 e. The highest BCUT2D eigenvalue weighted by molar-refractivity contribution is 5.84. The van der Waals surface area contributed by atoms with Gasteiger partial charge in [-0.25, -0.2) is 0 Å². The average Bonchev–Trinajstić information content (AvgIpc) is 2.47. The van der Waals surface area contributed by atoms with Crippen molar-refractivity contribution in [2.45, 2.75) is 25.3 Å². The van der Waals surface area contributed by atoms with E-state index in [1.54, 1.807) is 0 Å². The molecule has 1 aliphatic rings. The van der Waals surface area contributed by atoms with Gasteiger partial charge in [-0.2, -0.15) is 0 Å². The summed E-state index contributed by atoms with van der Waals surface area (Å²) in [4.78, 5) is 28.1. The molecule has 1 fully saturated rings. The van der Waals surface area contributed by atoms with Crippen LogP contribution in [0.15, 0.2) is 35.1 Å². The number of aromatic amines is 1. The standard InChI is InChI=1S/C15H16N2O2/c18-10-12-6-3-4-8-17(12)14-9-11-5-1-2-7-13(11)15(19)16-14/h1-2,5,7,9-10,12H,3-4,6,8H2,(H,16,19). The molecule has 0 bridgehead atoms. The number of nitrogens with one attached hydrogen (secondary N) is 1. The second-order valence-electron chi connectivity index (χ2n) is 4.96. The van der Waals surface area contributed by atoms with Crippen LogP contribution < -0.4 is 10.5 Å². The molecule has 1 aromatic heterocycles. The Kier molecular flexibility index (Phi) is 3.07. The topological polar surface area (TPSA) is 53.2 Å². The number of nitrogens with zero attached hydrogens (tertiary/aromatic N) is 1. The van der Waals surface area contributed by atoms with Gasteiger partial charge in [0.05, 0.1) is 6.04 Å². The number of carbonyl (C=O) groups excluding carboxylic acids is 1. The van der Waals surface area contributed by atoms with Gasteiger partial charge in [-0.3, -0.25) is 4.79 Å². The third-order valence-electron chi connectivity index (χ3n) is 3.75. The van der Waals surface area contributed by atoms with Crippen molar-refractivity contribution in [2.75, 3.05) is 11.4 Å². The molecule has 0 radical (unpaired) electrons. The van der Waals surface area contributed by atoms with E-state index in [0.29, 0.717) is 5.39 Å². The minimum Gasteiger partial charge on any atom is -0.348 e. The number of aldehydes is 1. The van der Waals surface area contributed by atoms with Crippen molar-refractivity contribution in [3.8, 4) is 0 Å². The Hall–Kier alpha value is -2.10. The molecular formula is C15H16N2O2. The zero-order chi connectivity index (χ0) is 13.2. The van der Waals surface area contributed by atoms with Crippen LogP contribution in [-0.4, -0.2) is 23.9 Å². The van der Waals surface area contributed by atoms with Gasteiger partial charge in [-0.1, -0.05) is 18.2 Å². The third-order valence-corrected chi connectivity index (χ3v) is 3.75. The molecule has 2 aromatic rings. The molecule has 1 unspecified atom stereocenters. The summed E-state index contributed by atoms with van der Waals surface area (Å²) in [5, 5.41) is 1.60. The predicted octanol–water partition coefficient (Wildman–Crippen LogP) is 2.09. The minimum absolute atomic E-state index is 0.0941. The fraction of sp³-hybridized carbons (Fsp3) is 0.333. The second-order valence-corrected chi connectivity index (χ2v) is 4.96. The Morgan fingerprint density at radius 2 is 2.11 bits per heavy atom. The van der Waals surface area contributed by atoms with E-state index in [9.17, 15) is 9.59 Å². The Bertz CT molecular complexity index is 662. The molecule has 19 heavy (non-hydrogen) atoms. The lowest BCUT2D eigenvalue weighted by Crippen LogP contribution is -2.41. The molecular weight excluding hydrogens is 240 g/mol. The minimum atomic E-state index is -0.120. The number of benzene rings is 1. The normalized spacial score (nSPS) is 19.6. The number of hydrogen-bond donors (Lipinski definition) is 1. The van der Waals surface area contributed by atoms with Crippen LogP contribution in [0.2, 0.25) is 0 Å². The van der Waals surface area contributed by atoms with E-state index >= 15 is 0 Å². The van der Waals surface area contributed by atoms with Crippen LogP contribution in [0.5, 0.6) is 0 Å². The summed E-state index contributed by atoms with van der Waals surface area (Å²) >= 11 is 0. The van der Waals surface area contributed by atoms with E-state index in [1.165, 1.54) is 0 Å². The SMILES string of the molecule is O=CC1CCCCN1c1cc2ccccc2c(=O)[nH]1. The van der Waals surface area contributed by atoms with Crippen molar-refractivity contribution in [1.29, 1.82) is 0 Å². The first kappa shape index (κ1) is 12.0. The largest absolute Gasteiger partial charge is 0.348 e. The maximum absolute atomic E-state index is 12.1. The highest BCUT2D eigenvalue weighted by Crippen LogP contribution is 2.23. The van der Waals surface area contributed by atoms with Gasteiger partial charge in [0.25, 0.3) is 5.56 Å². The molecule has 0 saturated carbocycles. The second kappa shape index (κ2) is 4.88. The number of aromatic nitrogens is 1. The molecule has 2 heterocycles. The average molecular weight is 256 g/mol. The van der Waals surface area contributed by atoms with Crippen LogP contribution in [0.3, 0.4) is 0 Å². The van der Waals surface area contributed by atoms with Crippen molar-refractivity contribution < 1.29 is 4.79 Å². The molecule has 1 saturated heterocycles. The van der Waals surface area contributed by atoms with Crippen LogP contribution in [-0.2, 0) is 4.79 Å². The van der Waals surface area contributed by atoms with Crippen LogP contribution in [0, 0.1) is 0 Å². The molecule has 1 atom stereocenters. The van der Waals surface area contributed by atoms with Gasteiger partial charge in [0.15, 0.2) is 0 Å². The Morgan fingerprint density at radius 3 is 2.95 bits per heavy atom. The van der Waals surface area contributed by atoms with Gasteiger partial charge in [-0.05, 0) is 36.8 Å². The lowest BCUT2D eigenvalue weighted by atomic mass is 10.0. The molecule has 1 N–H and O–H groups in total. The van der Waals surface area contributed by atoms with Crippen LogP contribution >= 0.6 is 0 Å². The van der Waals surface area contributed by atoms with E-state index in [2.05, 4.69) is 4.98 Å². The molecule has 4 heteroatoms. The first-order valence-corrected chi connectivity index (χ1v) is 6.63. The van der Waals surface area contributed by atoms with E-state index < -0.39 is 0 Å². The number of carbonyl (C=O) groups is 1. The number of H-pyrrole nitrogens is 1. The highest BCUT2D eigenvalue weighted by atomic mass is 16.1. The molecule has 0 aliphatic carbocycles. The van der Waals surface area contributed by atoms with E-state index in [0.717, 1.165) is 43.3 Å². The summed E-state index contributed by atoms with van der Waals surface area (Å²) in [5.74, 6) is 0.750. The third kappa shape index (κ3) is 2.14.